The molecule has 0 aliphatic carbocycles. The van der Waals surface area contributed by atoms with Crippen LogP contribution in [0.2, 0.25) is 10.0 Å². The Morgan fingerprint density at radius 3 is 2.60 bits per heavy atom. The Labute approximate surface area is 184 Å². The van der Waals surface area contributed by atoms with Crippen molar-refractivity contribution in [3.05, 3.63) is 57.9 Å². The third kappa shape index (κ3) is 4.55. The number of carbonyl (C=O) groups is 1. The Bertz CT molecular complexity index is 1220. The normalized spacial score (nSPS) is 15.5. The van der Waals surface area contributed by atoms with Gasteiger partial charge >= 0.3 is 0 Å². The first-order valence-corrected chi connectivity index (χ1v) is 12.0. The van der Waals surface area contributed by atoms with Gasteiger partial charge in [-0.15, -0.1) is 0 Å². The number of piperidine rings is 1. The number of amides is 1. The number of rotatable bonds is 4. The van der Waals surface area contributed by atoms with Gasteiger partial charge in [-0.1, -0.05) is 23.2 Å². The number of aromatic nitrogens is 1. The second kappa shape index (κ2) is 8.09. The lowest BCUT2D eigenvalue weighted by molar-refractivity contribution is 0.0707. The van der Waals surface area contributed by atoms with Crippen molar-refractivity contribution in [2.24, 2.45) is 0 Å². The number of benzene rings is 2. The third-order valence-corrected chi connectivity index (χ3v) is 6.16. The van der Waals surface area contributed by atoms with Gasteiger partial charge in [-0.2, -0.15) is 0 Å². The van der Waals surface area contributed by atoms with Gasteiger partial charge in [0.05, 0.1) is 17.0 Å². The number of sulfonamides is 1. The van der Waals surface area contributed by atoms with Crippen LogP contribution in [0.15, 0.2) is 40.8 Å². The van der Waals surface area contributed by atoms with Crippen molar-refractivity contribution in [2.75, 3.05) is 24.1 Å². The van der Waals surface area contributed by atoms with Gasteiger partial charge in [-0.3, -0.25) is 9.52 Å². The lowest BCUT2D eigenvalue weighted by Gasteiger charge is -2.30. The van der Waals surface area contributed by atoms with E-state index in [-0.39, 0.29) is 22.5 Å². The van der Waals surface area contributed by atoms with E-state index in [0.717, 1.165) is 11.8 Å². The molecule has 1 saturated heterocycles. The fraction of sp³-hybridized carbons (Fsp3) is 0.300. The van der Waals surface area contributed by atoms with Gasteiger partial charge in [0.1, 0.15) is 5.52 Å². The highest BCUT2D eigenvalue weighted by Crippen LogP contribution is 2.32. The summed E-state index contributed by atoms with van der Waals surface area (Å²) >= 11 is 12.1. The summed E-state index contributed by atoms with van der Waals surface area (Å²) in [5, 5.41) is 0.835. The average Bonchev–Trinajstić information content (AvgIpc) is 3.11. The van der Waals surface area contributed by atoms with E-state index in [1.165, 1.54) is 12.1 Å². The number of halogens is 2. The van der Waals surface area contributed by atoms with Crippen molar-refractivity contribution < 1.29 is 17.6 Å². The summed E-state index contributed by atoms with van der Waals surface area (Å²) in [6.45, 7) is 1.08. The van der Waals surface area contributed by atoms with Crippen molar-refractivity contribution >= 4 is 55.9 Å². The van der Waals surface area contributed by atoms with Crippen molar-refractivity contribution in [1.29, 1.82) is 0 Å². The smallest absolute Gasteiger partial charge is 0.253 e. The van der Waals surface area contributed by atoms with Crippen LogP contribution in [0, 0.1) is 0 Å². The second-order valence-corrected chi connectivity index (χ2v) is 9.89. The van der Waals surface area contributed by atoms with E-state index in [1.807, 2.05) is 0 Å². The summed E-state index contributed by atoms with van der Waals surface area (Å²) in [7, 11) is -3.50. The van der Waals surface area contributed by atoms with E-state index in [0.29, 0.717) is 48.0 Å². The summed E-state index contributed by atoms with van der Waals surface area (Å²) in [5.41, 5.74) is 1.98. The first kappa shape index (κ1) is 21.0. The Kier molecular flexibility index (Phi) is 5.65. The molecular weight excluding hydrogens is 449 g/mol. The molecule has 0 atom stereocenters. The van der Waals surface area contributed by atoms with Gasteiger partial charge in [0, 0.05) is 29.6 Å². The molecule has 1 N–H and O–H groups in total. The van der Waals surface area contributed by atoms with Gasteiger partial charge in [0.15, 0.2) is 11.5 Å². The van der Waals surface area contributed by atoms with E-state index >= 15 is 0 Å². The number of likely N-dealkylation sites (tertiary alicyclic amines) is 1. The summed E-state index contributed by atoms with van der Waals surface area (Å²) in [4.78, 5) is 19.2. The predicted molar refractivity (Wildman–Crippen MR) is 117 cm³/mol. The van der Waals surface area contributed by atoms with E-state index < -0.39 is 10.0 Å². The van der Waals surface area contributed by atoms with Crippen molar-refractivity contribution in [3.63, 3.8) is 0 Å². The number of nitrogens with zero attached hydrogens (tertiary/aromatic N) is 2. The Morgan fingerprint density at radius 2 is 1.90 bits per heavy atom. The minimum atomic E-state index is -3.50. The molecule has 10 heteroatoms. The van der Waals surface area contributed by atoms with Crippen LogP contribution in [0.5, 0.6) is 0 Å². The molecule has 1 aromatic heterocycles. The SMILES string of the molecule is CS(=O)(=O)Nc1cc(C(=O)N2CCC(c3nc4cc(Cl)ccc4o3)CC2)ccc1Cl. The maximum Gasteiger partial charge on any atom is 0.253 e. The summed E-state index contributed by atoms with van der Waals surface area (Å²) in [5.74, 6) is 0.601. The average molecular weight is 468 g/mol. The number of oxazole rings is 1. The predicted octanol–water partition coefficient (Wildman–Crippen LogP) is 4.53. The van der Waals surface area contributed by atoms with Crippen LogP contribution >= 0.6 is 23.2 Å². The largest absolute Gasteiger partial charge is 0.440 e. The van der Waals surface area contributed by atoms with Crippen LogP contribution in [0.25, 0.3) is 11.1 Å². The molecule has 30 heavy (non-hydrogen) atoms. The zero-order chi connectivity index (χ0) is 21.5. The fourth-order valence-electron chi connectivity index (χ4n) is 3.54. The standard InChI is InChI=1S/C20H19Cl2N3O4S/c1-30(27,28)24-16-10-13(2-4-15(16)22)20(26)25-8-6-12(7-9-25)19-23-17-11-14(21)3-5-18(17)29-19/h2-5,10-12,24H,6-9H2,1H3. The van der Waals surface area contributed by atoms with Gasteiger partial charge < -0.3 is 9.32 Å². The van der Waals surface area contributed by atoms with E-state index in [9.17, 15) is 13.2 Å². The molecule has 4 rings (SSSR count). The molecule has 2 heterocycles. The molecule has 158 valence electrons. The minimum absolute atomic E-state index is 0.118. The lowest BCUT2D eigenvalue weighted by Crippen LogP contribution is -2.38. The number of anilines is 1. The first-order chi connectivity index (χ1) is 14.2. The molecule has 0 radical (unpaired) electrons. The van der Waals surface area contributed by atoms with E-state index in [2.05, 4.69) is 9.71 Å². The van der Waals surface area contributed by atoms with Gasteiger partial charge in [-0.05, 0) is 49.2 Å². The Balaban J connectivity index is 1.46. The van der Waals surface area contributed by atoms with Crippen LogP contribution < -0.4 is 4.72 Å². The molecule has 1 aliphatic rings. The highest BCUT2D eigenvalue weighted by Gasteiger charge is 2.28. The molecule has 0 spiro atoms. The van der Waals surface area contributed by atoms with Crippen LogP contribution in [-0.2, 0) is 10.0 Å². The molecule has 7 nitrogen and oxygen atoms in total. The van der Waals surface area contributed by atoms with Crippen LogP contribution in [0.1, 0.15) is 35.0 Å². The van der Waals surface area contributed by atoms with Crippen molar-refractivity contribution in [1.82, 2.24) is 9.88 Å². The maximum atomic E-state index is 12.9. The molecule has 1 aliphatic heterocycles. The summed E-state index contributed by atoms with van der Waals surface area (Å²) in [6, 6.07) is 9.90. The van der Waals surface area contributed by atoms with Gasteiger partial charge in [0.25, 0.3) is 5.91 Å². The second-order valence-electron chi connectivity index (χ2n) is 7.30. The highest BCUT2D eigenvalue weighted by molar-refractivity contribution is 7.92. The van der Waals surface area contributed by atoms with E-state index in [1.54, 1.807) is 29.2 Å². The van der Waals surface area contributed by atoms with Crippen LogP contribution in [0.4, 0.5) is 5.69 Å². The summed E-state index contributed by atoms with van der Waals surface area (Å²) in [6.07, 6.45) is 2.46. The van der Waals surface area contributed by atoms with Gasteiger partial charge in [0.2, 0.25) is 10.0 Å². The number of hydrogen-bond donors (Lipinski definition) is 1. The molecule has 0 unspecified atom stereocenters. The maximum absolute atomic E-state index is 12.9. The molecular formula is C20H19Cl2N3O4S. The quantitative estimate of drug-likeness (QED) is 0.608. The molecule has 2 aromatic carbocycles. The Morgan fingerprint density at radius 1 is 1.17 bits per heavy atom. The molecule has 1 fully saturated rings. The number of fused-ring (bicyclic) bond motifs is 1. The first-order valence-electron chi connectivity index (χ1n) is 9.32. The molecule has 0 bridgehead atoms. The number of hydrogen-bond acceptors (Lipinski definition) is 5. The molecule has 1 amide bonds. The van der Waals surface area contributed by atoms with Crippen molar-refractivity contribution in [3.8, 4) is 0 Å². The topological polar surface area (TPSA) is 92.5 Å². The van der Waals surface area contributed by atoms with Gasteiger partial charge in [-0.25, -0.2) is 13.4 Å². The zero-order valence-electron chi connectivity index (χ0n) is 16.1. The van der Waals surface area contributed by atoms with Crippen LogP contribution in [0.3, 0.4) is 0 Å². The Hall–Kier alpha value is -2.29. The lowest BCUT2D eigenvalue weighted by atomic mass is 9.96. The summed E-state index contributed by atoms with van der Waals surface area (Å²) < 4.78 is 31.2. The minimum Gasteiger partial charge on any atom is -0.440 e. The number of nitrogens with one attached hydrogen (secondary N) is 1. The zero-order valence-corrected chi connectivity index (χ0v) is 18.4. The van der Waals surface area contributed by atoms with Crippen LogP contribution in [-0.4, -0.2) is 43.6 Å². The monoisotopic (exact) mass is 467 g/mol. The molecule has 0 saturated carbocycles. The number of carbonyl (C=O) groups excluding carboxylic acids is 1. The fourth-order valence-corrected chi connectivity index (χ4v) is 4.50. The highest BCUT2D eigenvalue weighted by atomic mass is 35.5. The molecule has 3 aromatic rings. The third-order valence-electron chi connectivity index (χ3n) is 5.01. The van der Waals surface area contributed by atoms with Crippen molar-refractivity contribution in [2.45, 2.75) is 18.8 Å². The van der Waals surface area contributed by atoms with E-state index in [4.69, 9.17) is 27.6 Å².